The molecule has 0 aliphatic heterocycles. The van der Waals surface area contributed by atoms with Crippen molar-refractivity contribution in [2.75, 3.05) is 13.1 Å². The molecule has 1 heterocycles. The number of rotatable bonds is 7. The Morgan fingerprint density at radius 2 is 1.69 bits per heavy atom. The maximum atomic E-state index is 12.6. The van der Waals surface area contributed by atoms with Gasteiger partial charge in [-0.25, -0.2) is 0 Å². The highest BCUT2D eigenvalue weighted by Gasteiger charge is 2.30. The Bertz CT molecular complexity index is 1270. The molecule has 0 bridgehead atoms. The summed E-state index contributed by atoms with van der Waals surface area (Å²) in [6, 6.07) is 13.3. The first-order valence-electron chi connectivity index (χ1n) is 11.1. The van der Waals surface area contributed by atoms with Crippen LogP contribution in [0.4, 0.5) is 13.2 Å². The molecule has 184 valence electrons. The third-order valence-corrected chi connectivity index (χ3v) is 5.77. The molecule has 0 saturated carbocycles. The van der Waals surface area contributed by atoms with E-state index in [1.807, 2.05) is 31.2 Å². The second-order valence-corrected chi connectivity index (χ2v) is 8.55. The zero-order chi connectivity index (χ0) is 25.6. The first-order chi connectivity index (χ1) is 16.6. The molecule has 2 aromatic carbocycles. The Labute approximate surface area is 207 Å². The first-order valence-corrected chi connectivity index (χ1v) is 11.5. The smallest absolute Gasteiger partial charge is 0.406 e. The highest BCUT2D eigenvalue weighted by molar-refractivity contribution is 6.31. The highest BCUT2D eigenvalue weighted by Crippen LogP contribution is 2.24. The summed E-state index contributed by atoms with van der Waals surface area (Å²) < 4.78 is 40.9. The zero-order valence-electron chi connectivity index (χ0n) is 19.7. The molecular weight excluding hydrogens is 477 g/mol. The summed E-state index contributed by atoms with van der Waals surface area (Å²) in [6.45, 7) is 7.52. The van der Waals surface area contributed by atoms with Gasteiger partial charge in [-0.1, -0.05) is 54.6 Å². The SMILES string of the molecule is CCCN(CC#Cc1ccc(-c2c(C)[nH]c(C)c(Cl)c2=O)cc1)Cc1ccc(OC(F)(F)F)cc1. The van der Waals surface area contributed by atoms with Crippen molar-refractivity contribution in [3.63, 3.8) is 0 Å². The number of benzene rings is 2. The van der Waals surface area contributed by atoms with Gasteiger partial charge in [0.05, 0.1) is 6.54 Å². The largest absolute Gasteiger partial charge is 0.573 e. The molecule has 0 spiro atoms. The number of aryl methyl sites for hydroxylation is 2. The predicted octanol–water partition coefficient (Wildman–Crippen LogP) is 6.47. The van der Waals surface area contributed by atoms with Gasteiger partial charge in [0.25, 0.3) is 0 Å². The highest BCUT2D eigenvalue weighted by atomic mass is 35.5. The van der Waals surface area contributed by atoms with E-state index in [2.05, 4.69) is 33.4 Å². The summed E-state index contributed by atoms with van der Waals surface area (Å²) in [7, 11) is 0. The average molecular weight is 503 g/mol. The summed E-state index contributed by atoms with van der Waals surface area (Å²) in [6.07, 6.45) is -3.79. The molecule has 8 heteroatoms. The van der Waals surface area contributed by atoms with E-state index in [1.54, 1.807) is 19.1 Å². The molecule has 0 unspecified atom stereocenters. The monoisotopic (exact) mass is 502 g/mol. The van der Waals surface area contributed by atoms with Crippen molar-refractivity contribution in [3.8, 4) is 28.7 Å². The van der Waals surface area contributed by atoms with E-state index in [0.717, 1.165) is 35.3 Å². The third kappa shape index (κ3) is 7.38. The maximum absolute atomic E-state index is 12.6. The molecule has 1 N–H and O–H groups in total. The van der Waals surface area contributed by atoms with Crippen LogP contribution >= 0.6 is 11.6 Å². The first kappa shape index (κ1) is 26.4. The fraction of sp³-hybridized carbons (Fsp3) is 0.296. The Balaban J connectivity index is 1.67. The Hall–Kier alpha value is -3.21. The van der Waals surface area contributed by atoms with Crippen LogP contribution in [-0.2, 0) is 6.54 Å². The van der Waals surface area contributed by atoms with Crippen molar-refractivity contribution in [1.82, 2.24) is 9.88 Å². The number of alkyl halides is 3. The molecule has 4 nitrogen and oxygen atoms in total. The van der Waals surface area contributed by atoms with Crippen LogP contribution < -0.4 is 10.2 Å². The van der Waals surface area contributed by atoms with Gasteiger partial charge in [-0.2, -0.15) is 0 Å². The number of nitrogens with zero attached hydrogens (tertiary/aromatic N) is 1. The van der Waals surface area contributed by atoms with Gasteiger partial charge in [0.1, 0.15) is 10.8 Å². The fourth-order valence-electron chi connectivity index (χ4n) is 3.76. The number of hydrogen-bond donors (Lipinski definition) is 1. The quantitative estimate of drug-likeness (QED) is 0.376. The maximum Gasteiger partial charge on any atom is 0.573 e. The average Bonchev–Trinajstić information content (AvgIpc) is 2.79. The van der Waals surface area contributed by atoms with Crippen molar-refractivity contribution < 1.29 is 17.9 Å². The third-order valence-electron chi connectivity index (χ3n) is 5.32. The van der Waals surface area contributed by atoms with Crippen molar-refractivity contribution >= 4 is 11.6 Å². The van der Waals surface area contributed by atoms with Crippen LogP contribution in [0.1, 0.15) is 35.9 Å². The van der Waals surface area contributed by atoms with Gasteiger partial charge in [0.2, 0.25) is 5.43 Å². The van der Waals surface area contributed by atoms with Crippen molar-refractivity contribution in [2.45, 2.75) is 40.1 Å². The van der Waals surface area contributed by atoms with E-state index in [4.69, 9.17) is 11.6 Å². The summed E-state index contributed by atoms with van der Waals surface area (Å²) in [5, 5.41) is 0.188. The second-order valence-electron chi connectivity index (χ2n) is 8.17. The van der Waals surface area contributed by atoms with E-state index < -0.39 is 6.36 Å². The molecule has 0 radical (unpaired) electrons. The summed E-state index contributed by atoms with van der Waals surface area (Å²) in [4.78, 5) is 17.8. The standard InChI is InChI=1S/C27H26ClF3N2O2/c1-4-15-33(17-21-9-13-23(14-10-21)35-27(29,30)31)16-5-6-20-7-11-22(12-8-20)24-18(2)32-19(3)25(28)26(24)34/h7-14H,4,15-17H2,1-3H3,(H,32,34). The number of hydrogen-bond acceptors (Lipinski definition) is 3. The van der Waals surface area contributed by atoms with Crippen LogP contribution in [0.5, 0.6) is 5.75 Å². The number of ether oxygens (including phenoxy) is 1. The minimum atomic E-state index is -4.70. The van der Waals surface area contributed by atoms with Crippen LogP contribution in [-0.4, -0.2) is 29.3 Å². The van der Waals surface area contributed by atoms with Crippen molar-refractivity contribution in [1.29, 1.82) is 0 Å². The molecule has 0 amide bonds. The van der Waals surface area contributed by atoms with Crippen LogP contribution in [0, 0.1) is 25.7 Å². The minimum absolute atomic E-state index is 0.188. The molecular formula is C27H26ClF3N2O2. The topological polar surface area (TPSA) is 45.3 Å². The normalized spacial score (nSPS) is 11.3. The molecule has 3 rings (SSSR count). The van der Waals surface area contributed by atoms with E-state index in [1.165, 1.54) is 12.1 Å². The molecule has 0 fully saturated rings. The molecule has 0 aliphatic carbocycles. The number of H-pyrrole nitrogens is 1. The van der Waals surface area contributed by atoms with Crippen LogP contribution in [0.2, 0.25) is 5.02 Å². The number of pyridine rings is 1. The van der Waals surface area contributed by atoms with E-state index in [9.17, 15) is 18.0 Å². The molecule has 1 aromatic heterocycles. The fourth-order valence-corrected chi connectivity index (χ4v) is 3.90. The van der Waals surface area contributed by atoms with E-state index in [0.29, 0.717) is 24.3 Å². The van der Waals surface area contributed by atoms with Crippen LogP contribution in [0.25, 0.3) is 11.1 Å². The molecule has 0 aliphatic rings. The molecule has 0 saturated heterocycles. The minimum Gasteiger partial charge on any atom is -0.406 e. The van der Waals surface area contributed by atoms with Gasteiger partial charge in [0, 0.05) is 29.1 Å². The van der Waals surface area contributed by atoms with Gasteiger partial charge in [-0.05, 0) is 62.2 Å². The zero-order valence-corrected chi connectivity index (χ0v) is 20.5. The van der Waals surface area contributed by atoms with Crippen LogP contribution in [0.3, 0.4) is 0 Å². The van der Waals surface area contributed by atoms with Gasteiger partial charge in [0.15, 0.2) is 0 Å². The lowest BCUT2D eigenvalue weighted by molar-refractivity contribution is -0.274. The lowest BCUT2D eigenvalue weighted by Gasteiger charge is -2.19. The summed E-state index contributed by atoms with van der Waals surface area (Å²) >= 11 is 6.13. The number of nitrogens with one attached hydrogen (secondary N) is 1. The van der Waals surface area contributed by atoms with Gasteiger partial charge >= 0.3 is 6.36 Å². The van der Waals surface area contributed by atoms with Gasteiger partial charge in [-0.15, -0.1) is 13.2 Å². The van der Waals surface area contributed by atoms with E-state index >= 15 is 0 Å². The molecule has 35 heavy (non-hydrogen) atoms. The number of aromatic nitrogens is 1. The predicted molar refractivity (Wildman–Crippen MR) is 133 cm³/mol. The molecule has 0 atom stereocenters. The van der Waals surface area contributed by atoms with Crippen molar-refractivity contribution in [3.05, 3.63) is 86.3 Å². The number of halogens is 4. The lowest BCUT2D eigenvalue weighted by Crippen LogP contribution is -2.24. The van der Waals surface area contributed by atoms with Crippen LogP contribution in [0.15, 0.2) is 53.3 Å². The Kier molecular flexibility index (Phi) is 8.66. The summed E-state index contributed by atoms with van der Waals surface area (Å²) in [5.41, 5.74) is 4.18. The lowest BCUT2D eigenvalue weighted by atomic mass is 10.0. The summed E-state index contributed by atoms with van der Waals surface area (Å²) in [5.74, 6) is 6.06. The Morgan fingerprint density at radius 1 is 1.03 bits per heavy atom. The number of aromatic amines is 1. The van der Waals surface area contributed by atoms with E-state index in [-0.39, 0.29) is 16.2 Å². The Morgan fingerprint density at radius 3 is 2.29 bits per heavy atom. The van der Waals surface area contributed by atoms with Gasteiger partial charge < -0.3 is 9.72 Å². The second kappa shape index (κ2) is 11.5. The molecule has 3 aromatic rings. The van der Waals surface area contributed by atoms with Crippen molar-refractivity contribution in [2.24, 2.45) is 0 Å². The van der Waals surface area contributed by atoms with Gasteiger partial charge in [-0.3, -0.25) is 9.69 Å².